The number of likely N-dealkylation sites (tertiary alicyclic amines) is 1. The predicted molar refractivity (Wildman–Crippen MR) is 83.6 cm³/mol. The van der Waals surface area contributed by atoms with Crippen molar-refractivity contribution < 1.29 is 14.0 Å². The summed E-state index contributed by atoms with van der Waals surface area (Å²) in [5.74, 6) is 1.11. The molecule has 0 aliphatic carbocycles. The van der Waals surface area contributed by atoms with E-state index in [9.17, 15) is 9.59 Å². The average Bonchev–Trinajstić information content (AvgIpc) is 3.01. The second-order valence-corrected chi connectivity index (χ2v) is 5.72. The molecular formula is C16H25N3O3. The van der Waals surface area contributed by atoms with E-state index in [1.807, 2.05) is 0 Å². The minimum Gasteiger partial charge on any atom is -0.464 e. The maximum Gasteiger partial charge on any atom is 0.255 e. The van der Waals surface area contributed by atoms with E-state index in [0.29, 0.717) is 30.8 Å². The fraction of sp³-hybridized carbons (Fsp3) is 0.625. The Bertz CT molecular complexity index is 549. The first kappa shape index (κ1) is 16.5. The Kier molecular flexibility index (Phi) is 5.24. The summed E-state index contributed by atoms with van der Waals surface area (Å²) in [4.78, 5) is 28.1. The number of aryl methyl sites for hydroxylation is 1. The van der Waals surface area contributed by atoms with Crippen LogP contribution in [-0.4, -0.2) is 54.3 Å². The maximum atomic E-state index is 12.4. The van der Waals surface area contributed by atoms with Crippen LogP contribution in [0.1, 0.15) is 42.1 Å². The van der Waals surface area contributed by atoms with Crippen molar-refractivity contribution in [1.82, 2.24) is 15.1 Å². The van der Waals surface area contributed by atoms with Gasteiger partial charge in [-0.2, -0.15) is 0 Å². The summed E-state index contributed by atoms with van der Waals surface area (Å²) in [6.45, 7) is 9.20. The van der Waals surface area contributed by atoms with Crippen LogP contribution in [0.15, 0.2) is 10.5 Å². The number of nitrogens with one attached hydrogen (secondary N) is 1. The minimum absolute atomic E-state index is 0.0298. The third-order valence-corrected chi connectivity index (χ3v) is 4.22. The van der Waals surface area contributed by atoms with E-state index < -0.39 is 6.04 Å². The van der Waals surface area contributed by atoms with E-state index in [-0.39, 0.29) is 11.8 Å². The highest BCUT2D eigenvalue weighted by atomic mass is 16.3. The van der Waals surface area contributed by atoms with Gasteiger partial charge in [-0.05, 0) is 32.5 Å². The van der Waals surface area contributed by atoms with Crippen molar-refractivity contribution >= 4 is 11.8 Å². The zero-order valence-corrected chi connectivity index (χ0v) is 13.8. The van der Waals surface area contributed by atoms with Gasteiger partial charge in [-0.25, -0.2) is 0 Å². The highest BCUT2D eigenvalue weighted by Crippen LogP contribution is 2.17. The summed E-state index contributed by atoms with van der Waals surface area (Å²) < 4.78 is 5.68. The van der Waals surface area contributed by atoms with Crippen LogP contribution < -0.4 is 5.32 Å². The van der Waals surface area contributed by atoms with Crippen molar-refractivity contribution in [2.45, 2.75) is 39.8 Å². The van der Waals surface area contributed by atoms with Crippen LogP contribution in [0, 0.1) is 6.92 Å². The van der Waals surface area contributed by atoms with Gasteiger partial charge in [-0.3, -0.25) is 14.5 Å². The van der Waals surface area contributed by atoms with Gasteiger partial charge in [0, 0.05) is 13.6 Å². The van der Waals surface area contributed by atoms with E-state index in [4.69, 9.17) is 4.42 Å². The monoisotopic (exact) mass is 307 g/mol. The Hall–Kier alpha value is -1.82. The molecule has 6 heteroatoms. The van der Waals surface area contributed by atoms with Crippen LogP contribution >= 0.6 is 0 Å². The third kappa shape index (κ3) is 3.50. The summed E-state index contributed by atoms with van der Waals surface area (Å²) >= 11 is 0. The molecule has 1 N–H and O–H groups in total. The molecule has 1 saturated heterocycles. The van der Waals surface area contributed by atoms with Crippen molar-refractivity contribution in [2.24, 2.45) is 0 Å². The number of nitrogens with zero attached hydrogens (tertiary/aromatic N) is 2. The molecule has 0 saturated carbocycles. The normalized spacial score (nSPS) is 18.3. The van der Waals surface area contributed by atoms with Gasteiger partial charge in [0.1, 0.15) is 17.6 Å². The summed E-state index contributed by atoms with van der Waals surface area (Å²) in [6, 6.07) is 1.37. The molecule has 1 unspecified atom stereocenters. The van der Waals surface area contributed by atoms with E-state index in [1.54, 1.807) is 24.9 Å². The van der Waals surface area contributed by atoms with Crippen LogP contribution in [0.25, 0.3) is 0 Å². The molecule has 2 heterocycles. The van der Waals surface area contributed by atoms with Gasteiger partial charge in [0.2, 0.25) is 5.91 Å². The molecule has 0 radical (unpaired) electrons. The number of furan rings is 1. The van der Waals surface area contributed by atoms with Crippen molar-refractivity contribution in [3.63, 3.8) is 0 Å². The Labute approximate surface area is 131 Å². The number of carbonyl (C=O) groups is 2. The second kappa shape index (κ2) is 6.96. The lowest BCUT2D eigenvalue weighted by atomic mass is 10.2. The van der Waals surface area contributed by atoms with Crippen molar-refractivity contribution in [2.75, 3.05) is 26.7 Å². The van der Waals surface area contributed by atoms with Crippen LogP contribution in [0.2, 0.25) is 0 Å². The lowest BCUT2D eigenvalue weighted by Crippen LogP contribution is -2.40. The summed E-state index contributed by atoms with van der Waals surface area (Å²) in [5, 5.41) is 2.81. The minimum atomic E-state index is -0.418. The number of amides is 2. The molecule has 2 rings (SSSR count). The first-order chi connectivity index (χ1) is 10.5. The lowest BCUT2D eigenvalue weighted by Gasteiger charge is -2.15. The Morgan fingerprint density at radius 1 is 1.45 bits per heavy atom. The van der Waals surface area contributed by atoms with Gasteiger partial charge in [0.25, 0.3) is 5.91 Å². The first-order valence-corrected chi connectivity index (χ1v) is 7.83. The van der Waals surface area contributed by atoms with Gasteiger partial charge in [0.15, 0.2) is 0 Å². The van der Waals surface area contributed by atoms with E-state index in [1.165, 1.54) is 0 Å². The SMILES string of the molecule is CCN(CC)Cc1cc(C(=O)NC2CCN(C)C2=O)c(C)o1. The molecule has 0 spiro atoms. The van der Waals surface area contributed by atoms with Crippen LogP contribution in [0.4, 0.5) is 0 Å². The number of hydrogen-bond acceptors (Lipinski definition) is 4. The topological polar surface area (TPSA) is 65.8 Å². The molecule has 0 aromatic carbocycles. The molecule has 2 amide bonds. The average molecular weight is 307 g/mol. The van der Waals surface area contributed by atoms with Crippen molar-refractivity contribution in [3.8, 4) is 0 Å². The highest BCUT2D eigenvalue weighted by molar-refractivity contribution is 5.98. The zero-order chi connectivity index (χ0) is 16.3. The molecule has 6 nitrogen and oxygen atoms in total. The summed E-state index contributed by atoms with van der Waals surface area (Å²) in [5.41, 5.74) is 0.518. The van der Waals surface area contributed by atoms with E-state index in [2.05, 4.69) is 24.1 Å². The fourth-order valence-corrected chi connectivity index (χ4v) is 2.71. The van der Waals surface area contributed by atoms with Crippen LogP contribution in [-0.2, 0) is 11.3 Å². The maximum absolute atomic E-state index is 12.4. The standard InChI is InChI=1S/C16H25N3O3/c1-5-19(6-2)10-12-9-13(11(3)22-12)15(20)17-14-7-8-18(4)16(14)21/h9,14H,5-8,10H2,1-4H3,(H,17,20). The van der Waals surface area contributed by atoms with Crippen LogP contribution in [0.3, 0.4) is 0 Å². The molecule has 0 bridgehead atoms. The molecular weight excluding hydrogens is 282 g/mol. The van der Waals surface area contributed by atoms with E-state index in [0.717, 1.165) is 18.8 Å². The quantitative estimate of drug-likeness (QED) is 0.862. The van der Waals surface area contributed by atoms with Crippen LogP contribution in [0.5, 0.6) is 0 Å². The number of hydrogen-bond donors (Lipinski definition) is 1. The largest absolute Gasteiger partial charge is 0.464 e. The number of carbonyl (C=O) groups excluding carboxylic acids is 2. The molecule has 122 valence electrons. The lowest BCUT2D eigenvalue weighted by molar-refractivity contribution is -0.128. The predicted octanol–water partition coefficient (Wildman–Crippen LogP) is 1.39. The fourth-order valence-electron chi connectivity index (χ4n) is 2.71. The molecule has 22 heavy (non-hydrogen) atoms. The molecule has 1 atom stereocenters. The molecule has 1 aliphatic rings. The second-order valence-electron chi connectivity index (χ2n) is 5.72. The van der Waals surface area contributed by atoms with Gasteiger partial charge < -0.3 is 14.6 Å². The van der Waals surface area contributed by atoms with Crippen molar-refractivity contribution in [1.29, 1.82) is 0 Å². The van der Waals surface area contributed by atoms with Gasteiger partial charge in [0.05, 0.1) is 12.1 Å². The number of rotatable bonds is 6. The Morgan fingerprint density at radius 3 is 2.68 bits per heavy atom. The molecule has 1 aromatic rings. The van der Waals surface area contributed by atoms with Gasteiger partial charge in [-0.15, -0.1) is 0 Å². The Morgan fingerprint density at radius 2 is 2.14 bits per heavy atom. The summed E-state index contributed by atoms with van der Waals surface area (Å²) in [6.07, 6.45) is 0.657. The van der Waals surface area contributed by atoms with Gasteiger partial charge in [-0.1, -0.05) is 13.8 Å². The smallest absolute Gasteiger partial charge is 0.255 e. The zero-order valence-electron chi connectivity index (χ0n) is 13.8. The molecule has 1 aromatic heterocycles. The number of likely N-dealkylation sites (N-methyl/N-ethyl adjacent to an activating group) is 1. The molecule has 1 fully saturated rings. The van der Waals surface area contributed by atoms with E-state index >= 15 is 0 Å². The Balaban J connectivity index is 2.04. The van der Waals surface area contributed by atoms with Crippen molar-refractivity contribution in [3.05, 3.63) is 23.2 Å². The third-order valence-electron chi connectivity index (χ3n) is 4.22. The highest BCUT2D eigenvalue weighted by Gasteiger charge is 2.31. The summed E-state index contributed by atoms with van der Waals surface area (Å²) in [7, 11) is 1.75. The molecule has 1 aliphatic heterocycles. The first-order valence-electron chi connectivity index (χ1n) is 7.83. The van der Waals surface area contributed by atoms with Gasteiger partial charge >= 0.3 is 0 Å².